The van der Waals surface area contributed by atoms with Crippen molar-refractivity contribution in [1.29, 1.82) is 0 Å². The van der Waals surface area contributed by atoms with E-state index in [0.29, 0.717) is 18.6 Å². The highest BCUT2D eigenvalue weighted by atomic mass is 16.6. The van der Waals surface area contributed by atoms with Gasteiger partial charge < -0.3 is 15.4 Å². The van der Waals surface area contributed by atoms with Gasteiger partial charge >= 0.3 is 6.09 Å². The van der Waals surface area contributed by atoms with Crippen LogP contribution in [0.1, 0.15) is 73.1 Å². The third kappa shape index (κ3) is 7.70. The fourth-order valence-corrected chi connectivity index (χ4v) is 2.91. The Kier molecular flexibility index (Phi) is 7.50. The van der Waals surface area contributed by atoms with Gasteiger partial charge in [0.05, 0.1) is 0 Å². The fraction of sp³-hybridized carbons (Fsp3) is 0.941. The van der Waals surface area contributed by atoms with E-state index < -0.39 is 5.60 Å². The molecule has 1 saturated carbocycles. The fourth-order valence-electron chi connectivity index (χ4n) is 2.91. The van der Waals surface area contributed by atoms with E-state index in [1.807, 2.05) is 20.8 Å². The Bertz CT molecular complexity index is 304. The number of nitrogens with one attached hydrogen (secondary N) is 2. The number of alkyl carbamates (subject to hydrolysis) is 1. The lowest BCUT2D eigenvalue weighted by Crippen LogP contribution is -2.47. The minimum Gasteiger partial charge on any atom is -0.444 e. The summed E-state index contributed by atoms with van der Waals surface area (Å²) >= 11 is 0. The molecular weight excluding hydrogens is 264 g/mol. The summed E-state index contributed by atoms with van der Waals surface area (Å²) in [5, 5.41) is 6.57. The Hall–Kier alpha value is -0.770. The molecule has 0 spiro atoms. The van der Waals surface area contributed by atoms with Crippen molar-refractivity contribution in [3.63, 3.8) is 0 Å². The largest absolute Gasteiger partial charge is 0.444 e. The van der Waals surface area contributed by atoms with Gasteiger partial charge in [-0.15, -0.1) is 0 Å². The van der Waals surface area contributed by atoms with Gasteiger partial charge in [-0.1, -0.05) is 20.3 Å². The van der Waals surface area contributed by atoms with E-state index in [9.17, 15) is 4.79 Å². The maximum atomic E-state index is 11.7. The molecule has 124 valence electrons. The van der Waals surface area contributed by atoms with E-state index in [4.69, 9.17) is 4.74 Å². The molecule has 1 aliphatic rings. The summed E-state index contributed by atoms with van der Waals surface area (Å²) in [5.74, 6) is 0.919. The number of rotatable bonds is 6. The van der Waals surface area contributed by atoms with Gasteiger partial charge in [0.1, 0.15) is 5.60 Å². The highest BCUT2D eigenvalue weighted by Gasteiger charge is 2.22. The average molecular weight is 298 g/mol. The molecule has 1 atom stereocenters. The zero-order valence-corrected chi connectivity index (χ0v) is 14.5. The summed E-state index contributed by atoms with van der Waals surface area (Å²) in [5.41, 5.74) is -0.433. The molecule has 1 aliphatic carbocycles. The van der Waals surface area contributed by atoms with Crippen LogP contribution in [-0.4, -0.2) is 30.3 Å². The molecule has 0 aromatic carbocycles. The van der Waals surface area contributed by atoms with Gasteiger partial charge in [-0.3, -0.25) is 0 Å². The van der Waals surface area contributed by atoms with Crippen molar-refractivity contribution in [3.8, 4) is 0 Å². The van der Waals surface area contributed by atoms with Gasteiger partial charge in [-0.05, 0) is 58.8 Å². The zero-order valence-electron chi connectivity index (χ0n) is 14.5. The molecule has 0 heterocycles. The summed E-state index contributed by atoms with van der Waals surface area (Å²) in [6, 6.07) is 0.943. The lowest BCUT2D eigenvalue weighted by molar-refractivity contribution is 0.0520. The van der Waals surface area contributed by atoms with Crippen molar-refractivity contribution in [3.05, 3.63) is 0 Å². The summed E-state index contributed by atoms with van der Waals surface area (Å²) in [6.07, 6.45) is 7.21. The standard InChI is InChI=1S/C17H34N2O2/c1-6-13-8-10-15(11-9-13)19-14(7-2)12-18-16(20)21-17(3,4)5/h13-15,19H,6-12H2,1-5H3,(H,18,20). The van der Waals surface area contributed by atoms with E-state index >= 15 is 0 Å². The molecule has 1 unspecified atom stereocenters. The van der Waals surface area contributed by atoms with Crippen LogP contribution in [0.5, 0.6) is 0 Å². The van der Waals surface area contributed by atoms with Crippen LogP contribution in [0, 0.1) is 5.92 Å². The van der Waals surface area contributed by atoms with Crippen LogP contribution in [0.25, 0.3) is 0 Å². The van der Waals surface area contributed by atoms with Gasteiger partial charge in [0.2, 0.25) is 0 Å². The predicted octanol–water partition coefficient (Wildman–Crippen LogP) is 3.85. The zero-order chi connectivity index (χ0) is 15.9. The molecule has 0 aromatic rings. The van der Waals surface area contributed by atoms with Crippen LogP contribution in [0.3, 0.4) is 0 Å². The first-order valence-corrected chi connectivity index (χ1v) is 8.57. The molecule has 4 nitrogen and oxygen atoms in total. The third-order valence-corrected chi connectivity index (χ3v) is 4.28. The van der Waals surface area contributed by atoms with Crippen LogP contribution < -0.4 is 10.6 Å². The molecule has 2 N–H and O–H groups in total. The second-order valence-electron chi connectivity index (χ2n) is 7.28. The van der Waals surface area contributed by atoms with Crippen molar-refractivity contribution in [2.75, 3.05) is 6.54 Å². The Labute approximate surface area is 130 Å². The quantitative estimate of drug-likeness (QED) is 0.783. The molecule has 0 radical (unpaired) electrons. The van der Waals surface area contributed by atoms with E-state index in [1.165, 1.54) is 32.1 Å². The van der Waals surface area contributed by atoms with Crippen LogP contribution in [0.4, 0.5) is 4.79 Å². The van der Waals surface area contributed by atoms with Crippen LogP contribution in [0.2, 0.25) is 0 Å². The SMILES string of the molecule is CCC1CCC(NC(CC)CNC(=O)OC(C)(C)C)CC1. The van der Waals surface area contributed by atoms with Gasteiger partial charge in [-0.2, -0.15) is 0 Å². The monoisotopic (exact) mass is 298 g/mol. The Morgan fingerprint density at radius 2 is 1.81 bits per heavy atom. The number of carbonyl (C=O) groups excluding carboxylic acids is 1. The third-order valence-electron chi connectivity index (χ3n) is 4.28. The lowest BCUT2D eigenvalue weighted by atomic mass is 9.84. The Morgan fingerprint density at radius 1 is 1.19 bits per heavy atom. The van der Waals surface area contributed by atoms with Crippen molar-refractivity contribution in [2.45, 2.75) is 90.8 Å². The van der Waals surface area contributed by atoms with Crippen LogP contribution in [0.15, 0.2) is 0 Å². The van der Waals surface area contributed by atoms with Crippen LogP contribution in [-0.2, 0) is 4.74 Å². The maximum absolute atomic E-state index is 11.7. The number of hydrogen-bond acceptors (Lipinski definition) is 3. The van der Waals surface area contributed by atoms with Crippen molar-refractivity contribution in [1.82, 2.24) is 10.6 Å². The normalized spacial score (nSPS) is 24.4. The molecule has 0 bridgehead atoms. The number of ether oxygens (including phenoxy) is 1. The van der Waals surface area contributed by atoms with E-state index in [0.717, 1.165) is 12.3 Å². The van der Waals surface area contributed by atoms with Gasteiger partial charge in [0.15, 0.2) is 0 Å². The first-order chi connectivity index (χ1) is 9.84. The second-order valence-corrected chi connectivity index (χ2v) is 7.28. The predicted molar refractivity (Wildman–Crippen MR) is 87.5 cm³/mol. The molecule has 21 heavy (non-hydrogen) atoms. The highest BCUT2D eigenvalue weighted by Crippen LogP contribution is 2.26. The van der Waals surface area contributed by atoms with Gasteiger partial charge in [0.25, 0.3) is 0 Å². The first kappa shape index (κ1) is 18.3. The number of hydrogen-bond donors (Lipinski definition) is 2. The molecule has 4 heteroatoms. The lowest BCUT2D eigenvalue weighted by Gasteiger charge is -2.32. The summed E-state index contributed by atoms with van der Waals surface area (Å²) in [7, 11) is 0. The van der Waals surface area contributed by atoms with E-state index in [2.05, 4.69) is 24.5 Å². The molecule has 0 saturated heterocycles. The highest BCUT2D eigenvalue weighted by molar-refractivity contribution is 5.67. The maximum Gasteiger partial charge on any atom is 0.407 e. The van der Waals surface area contributed by atoms with E-state index in [-0.39, 0.29) is 6.09 Å². The van der Waals surface area contributed by atoms with Crippen molar-refractivity contribution in [2.24, 2.45) is 5.92 Å². The summed E-state index contributed by atoms with van der Waals surface area (Å²) < 4.78 is 5.27. The molecular formula is C17H34N2O2. The average Bonchev–Trinajstić information content (AvgIpc) is 2.42. The Balaban J connectivity index is 2.27. The molecule has 1 rings (SSSR count). The minimum atomic E-state index is -0.433. The van der Waals surface area contributed by atoms with Gasteiger partial charge in [-0.25, -0.2) is 4.79 Å². The van der Waals surface area contributed by atoms with Crippen molar-refractivity contribution >= 4 is 6.09 Å². The first-order valence-electron chi connectivity index (χ1n) is 8.57. The number of carbonyl (C=O) groups is 1. The number of amides is 1. The molecule has 0 aliphatic heterocycles. The summed E-state index contributed by atoms with van der Waals surface area (Å²) in [6.45, 7) is 10.7. The molecule has 1 amide bonds. The molecule has 1 fully saturated rings. The van der Waals surface area contributed by atoms with Gasteiger partial charge in [0, 0.05) is 18.6 Å². The topological polar surface area (TPSA) is 50.4 Å². The van der Waals surface area contributed by atoms with Crippen molar-refractivity contribution < 1.29 is 9.53 Å². The molecule has 0 aromatic heterocycles. The Morgan fingerprint density at radius 3 is 2.29 bits per heavy atom. The summed E-state index contributed by atoms with van der Waals surface area (Å²) in [4.78, 5) is 11.7. The second kappa shape index (κ2) is 8.62. The minimum absolute atomic E-state index is 0.322. The van der Waals surface area contributed by atoms with E-state index in [1.54, 1.807) is 0 Å². The van der Waals surface area contributed by atoms with Crippen LogP contribution >= 0.6 is 0 Å². The smallest absolute Gasteiger partial charge is 0.407 e.